The molecule has 0 aliphatic carbocycles. The van der Waals surface area contributed by atoms with Gasteiger partial charge < -0.3 is 4.90 Å². The van der Waals surface area contributed by atoms with Gasteiger partial charge in [-0.05, 0) is 60.9 Å². The van der Waals surface area contributed by atoms with Crippen LogP contribution in [0.25, 0.3) is 6.08 Å². The van der Waals surface area contributed by atoms with E-state index in [0.717, 1.165) is 20.5 Å². The third-order valence-corrected chi connectivity index (χ3v) is 6.12. The van der Waals surface area contributed by atoms with Gasteiger partial charge in [-0.25, -0.2) is 4.99 Å². The van der Waals surface area contributed by atoms with Crippen molar-refractivity contribution in [1.29, 1.82) is 0 Å². The lowest BCUT2D eigenvalue weighted by Gasteiger charge is -2.26. The summed E-state index contributed by atoms with van der Waals surface area (Å²) in [5.74, 6) is 0. The number of rotatable bonds is 2. The van der Waals surface area contributed by atoms with Crippen molar-refractivity contribution in [3.8, 4) is 0 Å². The monoisotopic (exact) mass is 427 g/mol. The number of hydrogen-bond acceptors (Lipinski definition) is 4. The number of aromatic nitrogens is 1. The standard InChI is InChI=1S/C20H18BrN3OS/c1-13-6-7-17(8-14(13)2)23-11-22-20-24(12-23)19(25)18(26-20)10-15-4-3-5-16(21)9-15/h3-10H,11-12H2,1-2H3. The van der Waals surface area contributed by atoms with Crippen LogP contribution in [0.1, 0.15) is 16.7 Å². The van der Waals surface area contributed by atoms with Gasteiger partial charge >= 0.3 is 0 Å². The molecule has 1 aliphatic heterocycles. The van der Waals surface area contributed by atoms with E-state index in [0.29, 0.717) is 17.9 Å². The van der Waals surface area contributed by atoms with E-state index in [4.69, 9.17) is 0 Å². The summed E-state index contributed by atoms with van der Waals surface area (Å²) in [5, 5.41) is 0. The highest BCUT2D eigenvalue weighted by Crippen LogP contribution is 2.20. The lowest BCUT2D eigenvalue weighted by atomic mass is 10.1. The molecule has 2 aromatic carbocycles. The molecular weight excluding hydrogens is 410 g/mol. The molecule has 0 saturated carbocycles. The second kappa shape index (κ2) is 6.85. The highest BCUT2D eigenvalue weighted by molar-refractivity contribution is 9.10. The summed E-state index contributed by atoms with van der Waals surface area (Å²) in [6.45, 7) is 5.31. The highest BCUT2D eigenvalue weighted by Gasteiger charge is 2.16. The molecule has 132 valence electrons. The molecule has 4 rings (SSSR count). The van der Waals surface area contributed by atoms with Crippen molar-refractivity contribution >= 4 is 39.0 Å². The fourth-order valence-corrected chi connectivity index (χ4v) is 4.32. The first-order chi connectivity index (χ1) is 12.5. The molecule has 0 N–H and O–H groups in total. The molecule has 1 aliphatic rings. The van der Waals surface area contributed by atoms with Crippen LogP contribution in [0, 0.1) is 13.8 Å². The Morgan fingerprint density at radius 1 is 1.15 bits per heavy atom. The van der Waals surface area contributed by atoms with Crippen LogP contribution in [-0.2, 0) is 6.67 Å². The molecule has 0 radical (unpaired) electrons. The molecule has 4 nitrogen and oxygen atoms in total. The van der Waals surface area contributed by atoms with Crippen molar-refractivity contribution < 1.29 is 0 Å². The lowest BCUT2D eigenvalue weighted by molar-refractivity contribution is 0.569. The van der Waals surface area contributed by atoms with Crippen LogP contribution in [0.3, 0.4) is 0 Å². The van der Waals surface area contributed by atoms with E-state index in [1.165, 1.54) is 22.5 Å². The second-order valence-corrected chi connectivity index (χ2v) is 8.36. The molecule has 3 aromatic rings. The molecule has 0 saturated heterocycles. The predicted molar refractivity (Wildman–Crippen MR) is 110 cm³/mol. The molecule has 26 heavy (non-hydrogen) atoms. The van der Waals surface area contributed by atoms with Gasteiger partial charge in [-0.3, -0.25) is 9.36 Å². The Balaban J connectivity index is 1.72. The number of benzene rings is 2. The van der Waals surface area contributed by atoms with E-state index in [1.807, 2.05) is 30.3 Å². The van der Waals surface area contributed by atoms with Gasteiger partial charge in [0.05, 0.1) is 4.53 Å². The first kappa shape index (κ1) is 17.2. The number of halogens is 1. The fourth-order valence-electron chi connectivity index (χ4n) is 2.95. The Labute approximate surface area is 163 Å². The molecule has 6 heteroatoms. The third kappa shape index (κ3) is 3.27. The largest absolute Gasteiger partial charge is 0.334 e. The van der Waals surface area contributed by atoms with E-state index in [9.17, 15) is 4.79 Å². The minimum atomic E-state index is 0.0160. The first-order valence-corrected chi connectivity index (χ1v) is 9.96. The number of anilines is 1. The van der Waals surface area contributed by atoms with Gasteiger partial charge in [0.25, 0.3) is 5.56 Å². The van der Waals surface area contributed by atoms with Crippen LogP contribution >= 0.6 is 27.3 Å². The number of hydrogen-bond donors (Lipinski definition) is 0. The third-order valence-electron chi connectivity index (χ3n) is 4.58. The number of fused-ring (bicyclic) bond motifs is 1. The van der Waals surface area contributed by atoms with Crippen LogP contribution in [0.2, 0.25) is 0 Å². The van der Waals surface area contributed by atoms with Crippen LogP contribution in [0.5, 0.6) is 0 Å². The van der Waals surface area contributed by atoms with Crippen LogP contribution in [0.15, 0.2) is 56.7 Å². The summed E-state index contributed by atoms with van der Waals surface area (Å²) in [5.41, 5.74) is 4.62. The van der Waals surface area contributed by atoms with Gasteiger partial charge in [0.15, 0.2) is 4.80 Å². The van der Waals surface area contributed by atoms with Gasteiger partial charge in [0.2, 0.25) is 0 Å². The molecule has 0 bridgehead atoms. The van der Waals surface area contributed by atoms with E-state index in [2.05, 4.69) is 57.9 Å². The summed E-state index contributed by atoms with van der Waals surface area (Å²) >= 11 is 4.92. The lowest BCUT2D eigenvalue weighted by Crippen LogP contribution is -2.42. The maximum atomic E-state index is 12.8. The molecule has 0 fully saturated rings. The zero-order valence-corrected chi connectivity index (χ0v) is 17.0. The van der Waals surface area contributed by atoms with Crippen molar-refractivity contribution in [2.75, 3.05) is 11.6 Å². The van der Waals surface area contributed by atoms with Crippen molar-refractivity contribution in [3.05, 3.63) is 83.3 Å². The van der Waals surface area contributed by atoms with E-state index in [1.54, 1.807) is 4.57 Å². The Morgan fingerprint density at radius 2 is 2.00 bits per heavy atom. The predicted octanol–water partition coefficient (Wildman–Crippen LogP) is 3.17. The fraction of sp³-hybridized carbons (Fsp3) is 0.200. The quantitative estimate of drug-likeness (QED) is 0.629. The average molecular weight is 428 g/mol. The van der Waals surface area contributed by atoms with E-state index < -0.39 is 0 Å². The molecule has 0 amide bonds. The van der Waals surface area contributed by atoms with Crippen molar-refractivity contribution in [2.24, 2.45) is 4.99 Å². The normalized spacial score (nSPS) is 14.3. The smallest absolute Gasteiger partial charge is 0.271 e. The topological polar surface area (TPSA) is 37.6 Å². The summed E-state index contributed by atoms with van der Waals surface area (Å²) in [6.07, 6.45) is 1.93. The molecular formula is C20H18BrN3OS. The average Bonchev–Trinajstić information content (AvgIpc) is 2.93. The maximum absolute atomic E-state index is 12.8. The van der Waals surface area contributed by atoms with Gasteiger partial charge in [-0.1, -0.05) is 45.5 Å². The highest BCUT2D eigenvalue weighted by atomic mass is 79.9. The summed E-state index contributed by atoms with van der Waals surface area (Å²) in [4.78, 5) is 20.4. The zero-order valence-electron chi connectivity index (χ0n) is 14.6. The molecule has 2 heterocycles. The van der Waals surface area contributed by atoms with Crippen LogP contribution in [-0.4, -0.2) is 11.2 Å². The van der Waals surface area contributed by atoms with E-state index in [-0.39, 0.29) is 5.56 Å². The molecule has 0 atom stereocenters. The van der Waals surface area contributed by atoms with Crippen molar-refractivity contribution in [3.63, 3.8) is 0 Å². The molecule has 1 aromatic heterocycles. The second-order valence-electron chi connectivity index (χ2n) is 6.43. The summed E-state index contributed by atoms with van der Waals surface area (Å²) in [7, 11) is 0. The van der Waals surface area contributed by atoms with Crippen molar-refractivity contribution in [2.45, 2.75) is 20.5 Å². The maximum Gasteiger partial charge on any atom is 0.271 e. The number of thiazole rings is 1. The van der Waals surface area contributed by atoms with Gasteiger partial charge in [0, 0.05) is 10.2 Å². The minimum Gasteiger partial charge on any atom is -0.334 e. The Hall–Kier alpha value is -2.18. The number of aryl methyl sites for hydroxylation is 2. The first-order valence-electron chi connectivity index (χ1n) is 8.35. The van der Waals surface area contributed by atoms with E-state index >= 15 is 0 Å². The summed E-state index contributed by atoms with van der Waals surface area (Å²) in [6, 6.07) is 14.3. The molecule has 0 unspecified atom stereocenters. The Bertz CT molecular complexity index is 1160. The SMILES string of the molecule is Cc1ccc(N2CN=c3sc(=Cc4cccc(Br)c4)c(=O)n3C2)cc1C. The van der Waals surface area contributed by atoms with Crippen molar-refractivity contribution in [1.82, 2.24) is 4.57 Å². The Kier molecular flexibility index (Phi) is 4.54. The van der Waals surface area contributed by atoms with Gasteiger partial charge in [0.1, 0.15) is 13.3 Å². The van der Waals surface area contributed by atoms with Crippen LogP contribution in [0.4, 0.5) is 5.69 Å². The van der Waals surface area contributed by atoms with Crippen LogP contribution < -0.4 is 19.8 Å². The van der Waals surface area contributed by atoms with Gasteiger partial charge in [-0.15, -0.1) is 0 Å². The van der Waals surface area contributed by atoms with Gasteiger partial charge in [-0.2, -0.15) is 0 Å². The Morgan fingerprint density at radius 3 is 2.77 bits per heavy atom. The minimum absolute atomic E-state index is 0.0160. The zero-order chi connectivity index (χ0) is 18.3. The summed E-state index contributed by atoms with van der Waals surface area (Å²) < 4.78 is 3.47. The number of nitrogens with zero attached hydrogens (tertiary/aromatic N) is 3. The molecule has 0 spiro atoms.